The fourth-order valence-corrected chi connectivity index (χ4v) is 2.46. The molecule has 0 aliphatic carbocycles. The molecular weight excluding hydrogens is 252 g/mol. The SMILES string of the molecule is CCCCNCC1(CO)COC(c2ccccc2)CN1. The maximum absolute atomic E-state index is 9.67. The summed E-state index contributed by atoms with van der Waals surface area (Å²) >= 11 is 0. The Kier molecular flexibility index (Phi) is 5.98. The molecule has 0 bridgehead atoms. The Morgan fingerprint density at radius 2 is 2.20 bits per heavy atom. The molecule has 2 rings (SSSR count). The summed E-state index contributed by atoms with van der Waals surface area (Å²) in [6.45, 7) is 5.26. The molecule has 112 valence electrons. The van der Waals surface area contributed by atoms with Crippen molar-refractivity contribution in [1.82, 2.24) is 10.6 Å². The number of benzene rings is 1. The lowest BCUT2D eigenvalue weighted by Gasteiger charge is -2.40. The minimum atomic E-state index is -0.348. The average Bonchev–Trinajstić information content (AvgIpc) is 2.53. The van der Waals surface area contributed by atoms with E-state index in [0.29, 0.717) is 6.61 Å². The molecule has 1 aliphatic rings. The van der Waals surface area contributed by atoms with Gasteiger partial charge in [0.2, 0.25) is 0 Å². The second kappa shape index (κ2) is 7.74. The van der Waals surface area contributed by atoms with E-state index < -0.39 is 0 Å². The van der Waals surface area contributed by atoms with E-state index in [4.69, 9.17) is 4.74 Å². The van der Waals surface area contributed by atoms with Crippen LogP contribution in [0.15, 0.2) is 30.3 Å². The molecule has 0 aromatic heterocycles. The van der Waals surface area contributed by atoms with Gasteiger partial charge in [-0.25, -0.2) is 0 Å². The zero-order valence-electron chi connectivity index (χ0n) is 12.3. The van der Waals surface area contributed by atoms with E-state index in [9.17, 15) is 5.11 Å². The second-order valence-electron chi connectivity index (χ2n) is 5.56. The van der Waals surface area contributed by atoms with Crippen molar-refractivity contribution in [3.63, 3.8) is 0 Å². The largest absolute Gasteiger partial charge is 0.394 e. The lowest BCUT2D eigenvalue weighted by molar-refractivity contribution is -0.0515. The lowest BCUT2D eigenvalue weighted by atomic mass is 9.97. The first-order valence-corrected chi connectivity index (χ1v) is 7.53. The molecule has 1 aromatic carbocycles. The van der Waals surface area contributed by atoms with Crippen LogP contribution < -0.4 is 10.6 Å². The average molecular weight is 278 g/mol. The zero-order chi connectivity index (χ0) is 14.3. The van der Waals surface area contributed by atoms with Gasteiger partial charge in [0.05, 0.1) is 24.9 Å². The summed E-state index contributed by atoms with van der Waals surface area (Å²) in [4.78, 5) is 0. The summed E-state index contributed by atoms with van der Waals surface area (Å²) in [6, 6.07) is 10.2. The molecule has 2 unspecified atom stereocenters. The molecular formula is C16H26N2O2. The molecule has 0 amide bonds. The Bertz CT molecular complexity index is 375. The minimum Gasteiger partial charge on any atom is -0.394 e. The van der Waals surface area contributed by atoms with Crippen molar-refractivity contribution in [1.29, 1.82) is 0 Å². The normalized spacial score (nSPS) is 26.6. The van der Waals surface area contributed by atoms with E-state index in [-0.39, 0.29) is 18.2 Å². The number of hydrogen-bond acceptors (Lipinski definition) is 4. The van der Waals surface area contributed by atoms with Crippen LogP contribution in [0.1, 0.15) is 31.4 Å². The molecule has 0 spiro atoms. The van der Waals surface area contributed by atoms with Gasteiger partial charge in [-0.1, -0.05) is 43.7 Å². The number of aliphatic hydroxyl groups excluding tert-OH is 1. The maximum Gasteiger partial charge on any atom is 0.0950 e. The van der Waals surface area contributed by atoms with Crippen molar-refractivity contribution in [3.8, 4) is 0 Å². The van der Waals surface area contributed by atoms with Gasteiger partial charge in [-0.05, 0) is 18.5 Å². The van der Waals surface area contributed by atoms with Crippen LogP contribution in [0.3, 0.4) is 0 Å². The summed E-state index contributed by atoms with van der Waals surface area (Å²) in [6.07, 6.45) is 2.42. The van der Waals surface area contributed by atoms with Crippen molar-refractivity contribution in [2.75, 3.05) is 32.8 Å². The standard InChI is InChI=1S/C16H26N2O2/c1-2-3-9-17-11-16(12-19)13-20-15(10-18-16)14-7-5-4-6-8-14/h4-8,15,17-19H,2-3,9-13H2,1H3. The van der Waals surface area contributed by atoms with E-state index >= 15 is 0 Å². The molecule has 1 aliphatic heterocycles. The Labute approximate surface area is 121 Å². The Morgan fingerprint density at radius 3 is 2.80 bits per heavy atom. The third-order valence-corrected chi connectivity index (χ3v) is 3.87. The Hall–Kier alpha value is -0.940. The van der Waals surface area contributed by atoms with Gasteiger partial charge in [0.15, 0.2) is 0 Å². The summed E-state index contributed by atoms with van der Waals surface area (Å²) in [7, 11) is 0. The monoisotopic (exact) mass is 278 g/mol. The highest BCUT2D eigenvalue weighted by Gasteiger charge is 2.35. The minimum absolute atomic E-state index is 0.0755. The summed E-state index contributed by atoms with van der Waals surface area (Å²) in [5.74, 6) is 0. The summed E-state index contributed by atoms with van der Waals surface area (Å²) in [5.41, 5.74) is 0.837. The first kappa shape index (κ1) is 15.4. The quantitative estimate of drug-likeness (QED) is 0.661. The van der Waals surface area contributed by atoms with Crippen LogP contribution in [-0.2, 0) is 4.74 Å². The molecule has 1 aromatic rings. The molecule has 0 saturated carbocycles. The summed E-state index contributed by atoms with van der Waals surface area (Å²) < 4.78 is 5.97. The third-order valence-electron chi connectivity index (χ3n) is 3.87. The molecule has 4 nitrogen and oxygen atoms in total. The van der Waals surface area contributed by atoms with Crippen LogP contribution in [-0.4, -0.2) is 43.5 Å². The van der Waals surface area contributed by atoms with E-state index in [1.807, 2.05) is 18.2 Å². The predicted molar refractivity (Wildman–Crippen MR) is 80.7 cm³/mol. The van der Waals surface area contributed by atoms with Gasteiger partial charge in [-0.2, -0.15) is 0 Å². The first-order chi connectivity index (χ1) is 9.79. The molecule has 4 heteroatoms. The van der Waals surface area contributed by atoms with Crippen LogP contribution in [0.25, 0.3) is 0 Å². The number of aliphatic hydroxyl groups is 1. The zero-order valence-corrected chi connectivity index (χ0v) is 12.3. The summed E-state index contributed by atoms with van der Waals surface area (Å²) in [5, 5.41) is 16.5. The van der Waals surface area contributed by atoms with E-state index in [2.05, 4.69) is 29.7 Å². The fraction of sp³-hybridized carbons (Fsp3) is 0.625. The van der Waals surface area contributed by atoms with Gasteiger partial charge >= 0.3 is 0 Å². The number of unbranched alkanes of at least 4 members (excludes halogenated alkanes) is 1. The van der Waals surface area contributed by atoms with Crippen molar-refractivity contribution in [3.05, 3.63) is 35.9 Å². The van der Waals surface area contributed by atoms with Crippen LogP contribution in [0.2, 0.25) is 0 Å². The smallest absolute Gasteiger partial charge is 0.0950 e. The van der Waals surface area contributed by atoms with E-state index in [1.54, 1.807) is 0 Å². The Morgan fingerprint density at radius 1 is 1.40 bits per heavy atom. The highest BCUT2D eigenvalue weighted by Crippen LogP contribution is 2.23. The van der Waals surface area contributed by atoms with Gasteiger partial charge in [-0.3, -0.25) is 0 Å². The Balaban J connectivity index is 1.84. The van der Waals surface area contributed by atoms with Crippen LogP contribution in [0.4, 0.5) is 0 Å². The second-order valence-corrected chi connectivity index (χ2v) is 5.56. The van der Waals surface area contributed by atoms with Crippen molar-refractivity contribution in [2.45, 2.75) is 31.4 Å². The molecule has 3 N–H and O–H groups in total. The van der Waals surface area contributed by atoms with Gasteiger partial charge in [0, 0.05) is 13.1 Å². The van der Waals surface area contributed by atoms with Crippen LogP contribution in [0.5, 0.6) is 0 Å². The number of ether oxygens (including phenoxy) is 1. The topological polar surface area (TPSA) is 53.5 Å². The molecule has 1 fully saturated rings. The molecule has 20 heavy (non-hydrogen) atoms. The van der Waals surface area contributed by atoms with E-state index in [1.165, 1.54) is 12.0 Å². The fourth-order valence-electron chi connectivity index (χ4n) is 2.46. The number of rotatable bonds is 7. The van der Waals surface area contributed by atoms with Crippen molar-refractivity contribution >= 4 is 0 Å². The van der Waals surface area contributed by atoms with Crippen molar-refractivity contribution < 1.29 is 9.84 Å². The van der Waals surface area contributed by atoms with Crippen LogP contribution in [0, 0.1) is 0 Å². The maximum atomic E-state index is 9.67. The van der Waals surface area contributed by atoms with Crippen molar-refractivity contribution in [2.24, 2.45) is 0 Å². The highest BCUT2D eigenvalue weighted by atomic mass is 16.5. The van der Waals surface area contributed by atoms with Gasteiger partial charge in [0.25, 0.3) is 0 Å². The van der Waals surface area contributed by atoms with Crippen LogP contribution >= 0.6 is 0 Å². The lowest BCUT2D eigenvalue weighted by Crippen LogP contribution is -2.62. The van der Waals surface area contributed by atoms with Gasteiger partial charge in [-0.15, -0.1) is 0 Å². The molecule has 1 saturated heterocycles. The van der Waals surface area contributed by atoms with Gasteiger partial charge < -0.3 is 20.5 Å². The number of hydrogen-bond donors (Lipinski definition) is 3. The number of morpholine rings is 1. The first-order valence-electron chi connectivity index (χ1n) is 7.53. The third kappa shape index (κ3) is 4.03. The predicted octanol–water partition coefficient (Wildman–Crippen LogP) is 1.47. The molecule has 1 heterocycles. The highest BCUT2D eigenvalue weighted by molar-refractivity contribution is 5.19. The number of nitrogens with one attached hydrogen (secondary N) is 2. The van der Waals surface area contributed by atoms with Gasteiger partial charge in [0.1, 0.15) is 0 Å². The van der Waals surface area contributed by atoms with E-state index in [0.717, 1.165) is 26.1 Å². The molecule has 0 radical (unpaired) electrons. The molecule has 2 atom stereocenters.